The van der Waals surface area contributed by atoms with Gasteiger partial charge in [0.05, 0.1) is 41.5 Å². The number of fused-ring (bicyclic) bond motifs is 9. The minimum absolute atomic E-state index is 0.00180. The van der Waals surface area contributed by atoms with Gasteiger partial charge >= 0.3 is 0 Å². The standard InChI is InChI=1S/C48H35NO/c1-47(2)36-19-8-6-14-33(36)44-37(47)20-12-22-40(44)49(28-25-26-30-29-13-5-7-18-35(29)48(3,4)38(30)27-28)39-21-9-15-31-32-16-10-23-41-45(32)46-34(43(31)39)17-11-24-42(46)50-41/h5-27H,1-4H3/i5D,6D,7D,8D,9D,10D,11D,12D,13D,14D,15D,16D,17D,18D,19D,20D,22D,23D,24D,25D,26D,27D. The lowest BCUT2D eigenvalue weighted by Gasteiger charge is -2.31. The van der Waals surface area contributed by atoms with Crippen LogP contribution >= 0.6 is 0 Å². The Labute approximate surface area is 322 Å². The molecule has 0 spiro atoms. The first kappa shape index (κ1) is 14.2. The second-order valence-electron chi connectivity index (χ2n) is 13.6. The van der Waals surface area contributed by atoms with E-state index < -0.39 is 161 Å². The Bertz CT molecular complexity index is 4140. The van der Waals surface area contributed by atoms with Crippen molar-refractivity contribution < 1.29 is 34.6 Å². The van der Waals surface area contributed by atoms with Crippen LogP contribution in [-0.4, -0.2) is 0 Å². The maximum Gasteiger partial charge on any atom is 0.136 e. The van der Waals surface area contributed by atoms with E-state index in [0.29, 0.717) is 0 Å². The lowest BCUT2D eigenvalue weighted by atomic mass is 9.82. The van der Waals surface area contributed by atoms with Gasteiger partial charge in [-0.15, -0.1) is 0 Å². The van der Waals surface area contributed by atoms with E-state index in [1.165, 1.54) is 0 Å². The molecule has 238 valence electrons. The molecular formula is C48H35NO. The zero-order chi connectivity index (χ0) is 52.7. The van der Waals surface area contributed by atoms with Crippen molar-refractivity contribution in [1.29, 1.82) is 0 Å². The van der Waals surface area contributed by atoms with Crippen LogP contribution in [0, 0.1) is 0 Å². The molecule has 8 aromatic carbocycles. The zero-order valence-electron chi connectivity index (χ0n) is 48.9. The minimum Gasteiger partial charge on any atom is -0.456 e. The summed E-state index contributed by atoms with van der Waals surface area (Å²) in [6, 6.07) is -13.2. The number of rotatable bonds is 3. The summed E-state index contributed by atoms with van der Waals surface area (Å²) in [4.78, 5) is 1.02. The summed E-state index contributed by atoms with van der Waals surface area (Å²) in [5, 5.41) is -1.36. The third kappa shape index (κ3) is 3.39. The second-order valence-corrected chi connectivity index (χ2v) is 13.6. The van der Waals surface area contributed by atoms with E-state index in [-0.39, 0.29) is 88.0 Å². The molecule has 0 aliphatic heterocycles. The van der Waals surface area contributed by atoms with E-state index >= 15 is 0 Å². The van der Waals surface area contributed by atoms with Crippen molar-refractivity contribution in [3.05, 3.63) is 161 Å². The Morgan fingerprint density at radius 2 is 1.06 bits per heavy atom. The molecule has 0 saturated carbocycles. The molecule has 9 aromatic rings. The summed E-state index contributed by atoms with van der Waals surface area (Å²) < 4.78 is 210. The summed E-state index contributed by atoms with van der Waals surface area (Å²) in [6.07, 6.45) is 0. The van der Waals surface area contributed by atoms with Crippen molar-refractivity contribution in [2.75, 3.05) is 4.90 Å². The highest BCUT2D eigenvalue weighted by Crippen LogP contribution is 2.57. The fraction of sp³-hybridized carbons (Fsp3) is 0.125. The quantitative estimate of drug-likeness (QED) is 0.175. The molecule has 0 bridgehead atoms. The van der Waals surface area contributed by atoms with E-state index in [9.17, 15) is 16.4 Å². The van der Waals surface area contributed by atoms with Gasteiger partial charge in [-0.05, 0) is 91.4 Å². The van der Waals surface area contributed by atoms with Crippen molar-refractivity contribution in [1.82, 2.24) is 0 Å². The van der Waals surface area contributed by atoms with Crippen LogP contribution in [0.25, 0.3) is 65.7 Å². The van der Waals surface area contributed by atoms with Gasteiger partial charge in [-0.3, -0.25) is 0 Å². The maximum absolute atomic E-state index is 10.3. The van der Waals surface area contributed by atoms with Crippen LogP contribution in [-0.2, 0) is 10.8 Å². The van der Waals surface area contributed by atoms with Crippen LogP contribution < -0.4 is 4.90 Å². The van der Waals surface area contributed by atoms with Gasteiger partial charge in [0.15, 0.2) is 0 Å². The van der Waals surface area contributed by atoms with Crippen molar-refractivity contribution in [3.63, 3.8) is 0 Å². The molecular weight excluding hydrogens is 607 g/mol. The molecule has 0 radical (unpaired) electrons. The van der Waals surface area contributed by atoms with Crippen LogP contribution in [0.2, 0.25) is 0 Å². The first-order chi connectivity index (χ1) is 33.5. The summed E-state index contributed by atoms with van der Waals surface area (Å²) in [5.41, 5.74) is -6.33. The molecule has 2 heteroatoms. The smallest absolute Gasteiger partial charge is 0.136 e. The summed E-state index contributed by atoms with van der Waals surface area (Å²) in [5.74, 6) is 0. The zero-order valence-corrected chi connectivity index (χ0v) is 26.9. The average Bonchev–Trinajstić information content (AvgIpc) is 3.93. The number of anilines is 3. The SMILES string of the molecule is [2H]c1cc(N(c2c([2H])c([2H])c3c(c2[2H])C(C)(C)c2c([2H])c([2H])c([2H])c([2H])c2-3)c2c([2H])c([2H])c([2H])c3c2-c2c([2H])c([2H])c([2H])c([2H])c2C3(C)C)c2c(c1[2H])c1c([2H])c([2H])c([2H])c3oc4c([2H])c([2H])c([2H])c2c4c31. The van der Waals surface area contributed by atoms with Gasteiger partial charge in [-0.1, -0.05) is 130 Å². The highest BCUT2D eigenvalue weighted by atomic mass is 16.3. The van der Waals surface area contributed by atoms with Crippen molar-refractivity contribution in [2.45, 2.75) is 38.5 Å². The molecule has 1 aromatic heterocycles. The Morgan fingerprint density at radius 1 is 0.480 bits per heavy atom. The molecule has 2 aliphatic carbocycles. The third-order valence-corrected chi connectivity index (χ3v) is 10.3. The highest BCUT2D eigenvalue weighted by Gasteiger charge is 2.39. The van der Waals surface area contributed by atoms with E-state index in [0.717, 1.165) is 11.0 Å². The monoisotopic (exact) mass is 663 g/mol. The molecule has 2 aliphatic rings. The first-order valence-corrected chi connectivity index (χ1v) is 15.9. The summed E-state index contributed by atoms with van der Waals surface area (Å²) in [7, 11) is 0. The lowest BCUT2D eigenvalue weighted by molar-refractivity contribution is 0.660. The van der Waals surface area contributed by atoms with Crippen molar-refractivity contribution in [3.8, 4) is 22.3 Å². The van der Waals surface area contributed by atoms with Crippen LogP contribution in [0.1, 0.15) is 80.1 Å². The van der Waals surface area contributed by atoms with Gasteiger partial charge in [0, 0.05) is 38.2 Å². The predicted octanol–water partition coefficient (Wildman–Crippen LogP) is 13.4. The van der Waals surface area contributed by atoms with Gasteiger partial charge in [0.25, 0.3) is 0 Å². The summed E-state index contributed by atoms with van der Waals surface area (Å²) in [6.45, 7) is 6.24. The summed E-state index contributed by atoms with van der Waals surface area (Å²) >= 11 is 0. The third-order valence-electron chi connectivity index (χ3n) is 10.3. The first-order valence-electron chi connectivity index (χ1n) is 26.9. The van der Waals surface area contributed by atoms with Gasteiger partial charge in [0.2, 0.25) is 0 Å². The molecule has 0 N–H and O–H groups in total. The Kier molecular flexibility index (Phi) is 2.67. The lowest BCUT2D eigenvalue weighted by Crippen LogP contribution is -2.17. The van der Waals surface area contributed by atoms with Gasteiger partial charge in [-0.25, -0.2) is 0 Å². The predicted molar refractivity (Wildman–Crippen MR) is 210 cm³/mol. The Morgan fingerprint density at radius 3 is 1.86 bits per heavy atom. The molecule has 50 heavy (non-hydrogen) atoms. The Hall–Kier alpha value is -5.86. The number of hydrogen-bond donors (Lipinski definition) is 0. The van der Waals surface area contributed by atoms with Crippen LogP contribution in [0.4, 0.5) is 17.1 Å². The molecule has 0 atom stereocenters. The van der Waals surface area contributed by atoms with Gasteiger partial charge in [0.1, 0.15) is 11.2 Å². The molecule has 1 heterocycles. The molecule has 0 amide bonds. The number of benzene rings is 8. The average molecular weight is 664 g/mol. The maximum atomic E-state index is 10.3. The molecule has 11 rings (SSSR count). The van der Waals surface area contributed by atoms with E-state index in [1.807, 2.05) is 0 Å². The molecule has 0 unspecified atom stereocenters. The van der Waals surface area contributed by atoms with E-state index in [4.69, 9.17) is 18.1 Å². The van der Waals surface area contributed by atoms with Crippen molar-refractivity contribution in [2.24, 2.45) is 0 Å². The molecule has 0 saturated heterocycles. The van der Waals surface area contributed by atoms with E-state index in [1.54, 1.807) is 27.7 Å². The minimum atomic E-state index is -1.55. The topological polar surface area (TPSA) is 16.4 Å². The normalized spacial score (nSPS) is 21.3. The highest BCUT2D eigenvalue weighted by molar-refractivity contribution is 6.35. The van der Waals surface area contributed by atoms with Crippen molar-refractivity contribution >= 4 is 60.5 Å². The van der Waals surface area contributed by atoms with Crippen LogP contribution in [0.5, 0.6) is 0 Å². The molecule has 0 fully saturated rings. The number of nitrogens with zero attached hydrogens (tertiary/aromatic N) is 1. The number of furan rings is 1. The molecule has 2 nitrogen and oxygen atoms in total. The van der Waals surface area contributed by atoms with Gasteiger partial charge in [-0.2, -0.15) is 0 Å². The van der Waals surface area contributed by atoms with Gasteiger partial charge < -0.3 is 9.32 Å². The fourth-order valence-corrected chi connectivity index (χ4v) is 7.92. The Balaban J connectivity index is 1.46. The fourth-order valence-electron chi connectivity index (χ4n) is 7.92. The largest absolute Gasteiger partial charge is 0.456 e. The van der Waals surface area contributed by atoms with E-state index in [2.05, 4.69) is 0 Å². The second kappa shape index (κ2) is 9.43. The van der Waals surface area contributed by atoms with Crippen LogP contribution in [0.3, 0.4) is 0 Å². The number of hydrogen-bond acceptors (Lipinski definition) is 2. The van der Waals surface area contributed by atoms with Crippen LogP contribution in [0.15, 0.2) is 143 Å².